The average molecular weight is 638 g/mol. The number of likely N-dealkylation sites (tertiary alicyclic amines) is 1. The predicted molar refractivity (Wildman–Crippen MR) is 151 cm³/mol. The average Bonchev–Trinajstić information content (AvgIpc) is 3.59. The molecule has 5 saturated carbocycles. The summed E-state index contributed by atoms with van der Waals surface area (Å²) in [5.74, 6) is -0.786. The van der Waals surface area contributed by atoms with Crippen molar-refractivity contribution in [2.24, 2.45) is 34.5 Å². The molecule has 2 heterocycles. The van der Waals surface area contributed by atoms with E-state index in [2.05, 4.69) is 23.5 Å². The molecule has 12 heteroatoms. The maximum atomic E-state index is 14.1. The van der Waals surface area contributed by atoms with Gasteiger partial charge in [0, 0.05) is 57.5 Å². The summed E-state index contributed by atoms with van der Waals surface area (Å²) in [7, 11) is 5.31. The largest absolute Gasteiger partial charge is 0.573 e. The van der Waals surface area contributed by atoms with Gasteiger partial charge in [0.2, 0.25) is 0 Å². The topological polar surface area (TPSA) is 84.9 Å². The number of hydrogen-bond acceptors (Lipinski definition) is 9. The smallest absolute Gasteiger partial charge is 0.455 e. The second kappa shape index (κ2) is 9.79. The summed E-state index contributed by atoms with van der Waals surface area (Å²) in [4.78, 5) is 16.6. The van der Waals surface area contributed by atoms with Crippen LogP contribution < -0.4 is 4.74 Å². The van der Waals surface area contributed by atoms with Crippen LogP contribution in [0.25, 0.3) is 0 Å². The lowest BCUT2D eigenvalue weighted by Gasteiger charge is -2.69. The van der Waals surface area contributed by atoms with Gasteiger partial charge in [-0.15, -0.1) is 13.2 Å². The van der Waals surface area contributed by atoms with E-state index in [1.165, 1.54) is 12.1 Å². The number of hydrogen-bond donors (Lipinski definition) is 0. The number of nitrogens with zero attached hydrogens (tertiary/aromatic N) is 1. The third-order valence-electron chi connectivity index (χ3n) is 13.4. The molecule has 0 aromatic heterocycles. The lowest BCUT2D eigenvalue weighted by molar-refractivity contribution is -0.282. The molecule has 3 spiro atoms. The highest BCUT2D eigenvalue weighted by Crippen LogP contribution is 2.82. The van der Waals surface area contributed by atoms with Gasteiger partial charge < -0.3 is 33.2 Å². The Kier molecular flexibility index (Phi) is 6.61. The molecule has 0 N–H and O–H groups in total. The van der Waals surface area contributed by atoms with Gasteiger partial charge in [-0.3, -0.25) is 4.90 Å². The third kappa shape index (κ3) is 3.54. The fraction of sp³-hybridized carbons (Fsp3) is 0.788. The molecule has 7 fully saturated rings. The summed E-state index contributed by atoms with van der Waals surface area (Å²) in [5.41, 5.74) is -2.37. The highest BCUT2D eigenvalue weighted by Gasteiger charge is 2.94. The molecule has 0 unspecified atom stereocenters. The van der Waals surface area contributed by atoms with Crippen LogP contribution >= 0.6 is 0 Å². The molecule has 8 rings (SSSR count). The Morgan fingerprint density at radius 3 is 2.49 bits per heavy atom. The van der Waals surface area contributed by atoms with Gasteiger partial charge >= 0.3 is 12.3 Å². The van der Waals surface area contributed by atoms with E-state index >= 15 is 0 Å². The molecule has 2 saturated heterocycles. The van der Waals surface area contributed by atoms with Crippen molar-refractivity contribution in [3.63, 3.8) is 0 Å². The number of methoxy groups -OCH3 is 3. The van der Waals surface area contributed by atoms with Gasteiger partial charge in [-0.25, -0.2) is 4.79 Å². The number of fused-ring (bicyclic) bond motifs is 1. The summed E-state index contributed by atoms with van der Waals surface area (Å²) < 4.78 is 82.1. The number of likely N-dealkylation sites (N-methyl/N-ethyl adjacent to an activating group) is 1. The minimum atomic E-state index is -4.83. The van der Waals surface area contributed by atoms with Crippen molar-refractivity contribution in [2.75, 3.05) is 41.2 Å². The van der Waals surface area contributed by atoms with Gasteiger partial charge in [0.05, 0.1) is 29.9 Å². The highest BCUT2D eigenvalue weighted by atomic mass is 19.4. The summed E-state index contributed by atoms with van der Waals surface area (Å²) >= 11 is 0. The molecule has 1 aromatic rings. The summed E-state index contributed by atoms with van der Waals surface area (Å²) in [6.45, 7) is 6.18. The molecule has 13 atom stereocenters. The molecule has 5 aliphatic carbocycles. The first kappa shape index (κ1) is 30.4. The molecule has 248 valence electrons. The molecule has 0 radical (unpaired) electrons. The van der Waals surface area contributed by atoms with Crippen LogP contribution in [-0.2, 0) is 28.4 Å². The summed E-state index contributed by atoms with van der Waals surface area (Å²) in [6.07, 6.45) is -2.60. The van der Waals surface area contributed by atoms with Crippen molar-refractivity contribution < 1.29 is 51.1 Å². The van der Waals surface area contributed by atoms with E-state index in [4.69, 9.17) is 28.4 Å². The lowest BCUT2D eigenvalue weighted by atomic mass is 9.43. The quantitative estimate of drug-likeness (QED) is 0.404. The van der Waals surface area contributed by atoms with Crippen LogP contribution in [0.5, 0.6) is 5.75 Å². The van der Waals surface area contributed by atoms with Crippen molar-refractivity contribution in [3.8, 4) is 5.75 Å². The molecule has 7 aliphatic rings. The van der Waals surface area contributed by atoms with E-state index in [9.17, 15) is 18.0 Å². The van der Waals surface area contributed by atoms with Gasteiger partial charge in [0.25, 0.3) is 0 Å². The van der Waals surface area contributed by atoms with Crippen molar-refractivity contribution in [1.29, 1.82) is 0 Å². The van der Waals surface area contributed by atoms with Crippen LogP contribution in [0.15, 0.2) is 24.3 Å². The fourth-order valence-corrected chi connectivity index (χ4v) is 12.5. The van der Waals surface area contributed by atoms with Crippen LogP contribution in [0.2, 0.25) is 0 Å². The molecule has 45 heavy (non-hydrogen) atoms. The predicted octanol–water partition coefficient (Wildman–Crippen LogP) is 4.43. The number of carbonyl (C=O) groups is 1. The van der Waals surface area contributed by atoms with Gasteiger partial charge in [0.1, 0.15) is 24.2 Å². The van der Waals surface area contributed by atoms with Gasteiger partial charge in [-0.05, 0) is 61.4 Å². The molecular weight excluding hydrogens is 595 g/mol. The van der Waals surface area contributed by atoms with Gasteiger partial charge in [-0.2, -0.15) is 0 Å². The maximum absolute atomic E-state index is 14.1. The third-order valence-corrected chi connectivity index (χ3v) is 13.4. The van der Waals surface area contributed by atoms with E-state index in [1.807, 2.05) is 0 Å². The fourth-order valence-electron chi connectivity index (χ4n) is 12.5. The SMILES string of the molecule is CCN1C[C@]2(C)CC[C@H](OC)[C@]34[C@@H]5C[C@H]6[C@H](OC)[C@@H]5[C@@]5(C[C@@H]6OC)OCO[C@]5([C@H]13)[C@@H](OC(=O)c1ccc(OC(F)(F)F)cc1)[C@H]24. The van der Waals surface area contributed by atoms with E-state index in [0.717, 1.165) is 44.5 Å². The molecular formula is C33H42F3NO8. The number of carbonyl (C=O) groups excluding carboxylic acids is 1. The number of alkyl halides is 3. The van der Waals surface area contributed by atoms with Gasteiger partial charge in [-0.1, -0.05) is 13.8 Å². The van der Waals surface area contributed by atoms with Crippen LogP contribution in [0, 0.1) is 34.5 Å². The van der Waals surface area contributed by atoms with E-state index in [-0.39, 0.29) is 65.8 Å². The van der Waals surface area contributed by atoms with Crippen molar-refractivity contribution in [1.82, 2.24) is 4.90 Å². The van der Waals surface area contributed by atoms with Gasteiger partial charge in [0.15, 0.2) is 5.60 Å². The normalized spacial score (nSPS) is 49.1. The Bertz CT molecular complexity index is 1360. The Balaban J connectivity index is 1.31. The van der Waals surface area contributed by atoms with Crippen LogP contribution in [0.4, 0.5) is 13.2 Å². The summed E-state index contributed by atoms with van der Waals surface area (Å²) in [5, 5.41) is 0. The second-order valence-electron chi connectivity index (χ2n) is 14.6. The first-order valence-corrected chi connectivity index (χ1v) is 16.1. The van der Waals surface area contributed by atoms with Crippen LogP contribution in [-0.4, -0.2) is 100 Å². The first-order chi connectivity index (χ1) is 21.5. The zero-order valence-corrected chi connectivity index (χ0v) is 26.3. The van der Waals surface area contributed by atoms with E-state index in [1.54, 1.807) is 21.3 Å². The minimum Gasteiger partial charge on any atom is -0.455 e. The summed E-state index contributed by atoms with van der Waals surface area (Å²) in [6, 6.07) is 4.76. The number of esters is 1. The van der Waals surface area contributed by atoms with E-state index < -0.39 is 40.8 Å². The minimum absolute atomic E-state index is 0.0144. The Labute approximate surface area is 260 Å². The maximum Gasteiger partial charge on any atom is 0.573 e. The molecule has 9 nitrogen and oxygen atoms in total. The second-order valence-corrected chi connectivity index (χ2v) is 14.6. The number of benzene rings is 1. The Morgan fingerprint density at radius 2 is 1.84 bits per heavy atom. The molecule has 0 amide bonds. The zero-order chi connectivity index (χ0) is 31.7. The first-order valence-electron chi connectivity index (χ1n) is 16.1. The number of piperidine rings is 1. The Hall–Kier alpha value is -1.96. The molecule has 1 aromatic carbocycles. The van der Waals surface area contributed by atoms with E-state index in [0.29, 0.717) is 6.42 Å². The molecule has 7 bridgehead atoms. The zero-order valence-electron chi connectivity index (χ0n) is 26.3. The molecule has 2 aliphatic heterocycles. The standard InChI is InChI=1S/C33H42F3NO8/c1-6-37-15-29(2)12-11-22(40-4)31-20-13-19-21(39-3)14-30(23(20)24(19)41-5)32(28(31)37,43-16-42-30)26(25(29)31)44-27(38)17-7-9-18(10-8-17)45-33(34,35)36/h7-10,19-26,28H,6,11-16H2,1-5H3/t19-,20-,21+,22+,23-,24+,25-,26+,28-,29+,30-,31+,32+/m1/s1. The number of halogens is 3. The monoisotopic (exact) mass is 637 g/mol. The number of ether oxygens (including phenoxy) is 7. The lowest BCUT2D eigenvalue weighted by Crippen LogP contribution is -2.81. The van der Waals surface area contributed by atoms with Crippen molar-refractivity contribution in [3.05, 3.63) is 29.8 Å². The van der Waals surface area contributed by atoms with Crippen molar-refractivity contribution >= 4 is 5.97 Å². The Morgan fingerprint density at radius 1 is 1.09 bits per heavy atom. The van der Waals surface area contributed by atoms with Crippen molar-refractivity contribution in [2.45, 2.75) is 87.6 Å². The highest BCUT2D eigenvalue weighted by molar-refractivity contribution is 5.89. The van der Waals surface area contributed by atoms with Crippen LogP contribution in [0.3, 0.4) is 0 Å². The number of rotatable bonds is 7. The van der Waals surface area contributed by atoms with Crippen LogP contribution in [0.1, 0.15) is 49.9 Å².